The molecule has 8 heteroatoms. The van der Waals surface area contributed by atoms with Crippen molar-refractivity contribution in [1.29, 1.82) is 0 Å². The van der Waals surface area contributed by atoms with Gasteiger partial charge in [0, 0.05) is 31.7 Å². The number of ether oxygens (including phenoxy) is 1. The Morgan fingerprint density at radius 3 is 2.92 bits per heavy atom. The van der Waals surface area contributed by atoms with E-state index in [1.807, 2.05) is 25.1 Å². The highest BCUT2D eigenvalue weighted by molar-refractivity contribution is 5.92. The maximum absolute atomic E-state index is 12.3. The van der Waals surface area contributed by atoms with Gasteiger partial charge in [-0.05, 0) is 30.7 Å². The third kappa shape index (κ3) is 4.31. The van der Waals surface area contributed by atoms with E-state index < -0.39 is 6.10 Å². The average molecular weight is 367 g/mol. The molecule has 1 aliphatic rings. The first-order chi connectivity index (χ1) is 11.6. The van der Waals surface area contributed by atoms with Crippen molar-refractivity contribution >= 4 is 18.3 Å². The number of hydrogen-bond donors (Lipinski definition) is 3. The molecule has 2 unspecified atom stereocenters. The molecule has 0 bridgehead atoms. The normalized spacial score (nSPS) is 19.3. The maximum Gasteiger partial charge on any atom is 0.271 e. The number of benzene rings is 1. The van der Waals surface area contributed by atoms with Crippen molar-refractivity contribution in [2.75, 3.05) is 26.7 Å². The molecule has 136 valence electrons. The molecule has 3 N–H and O–H groups in total. The molecule has 1 aromatic heterocycles. The summed E-state index contributed by atoms with van der Waals surface area (Å²) in [6.45, 7) is 3.69. The van der Waals surface area contributed by atoms with Crippen LogP contribution >= 0.6 is 12.4 Å². The Balaban J connectivity index is 0.00000225. The smallest absolute Gasteiger partial charge is 0.271 e. The monoisotopic (exact) mass is 366 g/mol. The molecule has 0 aliphatic carbocycles. The summed E-state index contributed by atoms with van der Waals surface area (Å²) in [5.74, 6) is 0.475. The van der Waals surface area contributed by atoms with E-state index >= 15 is 0 Å². The Kier molecular flexibility index (Phi) is 6.41. The van der Waals surface area contributed by atoms with Gasteiger partial charge in [0.1, 0.15) is 11.4 Å². The number of methoxy groups -OCH3 is 1. The second-order valence-electron chi connectivity index (χ2n) is 6.02. The number of halogens is 1. The third-order valence-corrected chi connectivity index (χ3v) is 4.23. The number of β-amino-alcohol motifs (C(OH)–C–C–N with tert-alkyl or cyclic N) is 1. The second kappa shape index (κ2) is 8.33. The van der Waals surface area contributed by atoms with Crippen LogP contribution in [-0.2, 0) is 0 Å². The predicted octanol–water partition coefficient (Wildman–Crippen LogP) is 0.921. The molecule has 1 amide bonds. The van der Waals surface area contributed by atoms with Gasteiger partial charge in [0.25, 0.3) is 5.91 Å². The molecule has 0 saturated carbocycles. The molecule has 1 aromatic carbocycles. The molecule has 0 spiro atoms. The number of aryl methyl sites for hydroxylation is 1. The lowest BCUT2D eigenvalue weighted by Gasteiger charge is -2.13. The van der Waals surface area contributed by atoms with Crippen molar-refractivity contribution in [2.45, 2.75) is 13.0 Å². The van der Waals surface area contributed by atoms with Crippen LogP contribution in [0.2, 0.25) is 0 Å². The standard InChI is InChI=1S/C17H22N4O3.ClH/c1-11-3-4-16(24-2)14(7-11)21-6-5-13(20-21)17(23)19-9-12-8-18-10-15(12)22;/h3-7,12,15,18,22H,8-10H2,1-2H3,(H,19,23);1H. The van der Waals surface area contributed by atoms with Crippen LogP contribution < -0.4 is 15.4 Å². The first-order valence-electron chi connectivity index (χ1n) is 7.96. The lowest BCUT2D eigenvalue weighted by atomic mass is 10.1. The number of rotatable bonds is 5. The first-order valence-corrected chi connectivity index (χ1v) is 7.96. The zero-order valence-corrected chi connectivity index (χ0v) is 15.0. The van der Waals surface area contributed by atoms with Crippen molar-refractivity contribution in [1.82, 2.24) is 20.4 Å². The van der Waals surface area contributed by atoms with Crippen LogP contribution in [0.3, 0.4) is 0 Å². The molecule has 25 heavy (non-hydrogen) atoms. The van der Waals surface area contributed by atoms with E-state index in [1.165, 1.54) is 0 Å². The summed E-state index contributed by atoms with van der Waals surface area (Å²) < 4.78 is 6.99. The summed E-state index contributed by atoms with van der Waals surface area (Å²) in [6.07, 6.45) is 1.32. The summed E-state index contributed by atoms with van der Waals surface area (Å²) in [6, 6.07) is 7.45. The van der Waals surface area contributed by atoms with Crippen LogP contribution in [0, 0.1) is 12.8 Å². The number of carbonyl (C=O) groups excluding carboxylic acids is 1. The van der Waals surface area contributed by atoms with E-state index in [4.69, 9.17) is 4.74 Å². The van der Waals surface area contributed by atoms with Crippen molar-refractivity contribution in [3.8, 4) is 11.4 Å². The molecular weight excluding hydrogens is 344 g/mol. The Hall–Kier alpha value is -2.09. The van der Waals surface area contributed by atoms with Gasteiger partial charge in [-0.3, -0.25) is 4.79 Å². The summed E-state index contributed by atoms with van der Waals surface area (Å²) in [4.78, 5) is 12.3. The van der Waals surface area contributed by atoms with Crippen molar-refractivity contribution in [3.63, 3.8) is 0 Å². The van der Waals surface area contributed by atoms with Crippen LogP contribution in [0.1, 0.15) is 16.1 Å². The van der Waals surface area contributed by atoms with Crippen LogP contribution in [0.5, 0.6) is 5.75 Å². The quantitative estimate of drug-likeness (QED) is 0.732. The Labute approximate surface area is 152 Å². The molecule has 2 atom stereocenters. The van der Waals surface area contributed by atoms with Crippen molar-refractivity contribution in [3.05, 3.63) is 41.7 Å². The largest absolute Gasteiger partial charge is 0.494 e. The Morgan fingerprint density at radius 1 is 1.44 bits per heavy atom. The molecule has 1 aliphatic heterocycles. The predicted molar refractivity (Wildman–Crippen MR) is 96.8 cm³/mol. The van der Waals surface area contributed by atoms with Gasteiger partial charge in [0.15, 0.2) is 5.69 Å². The molecular formula is C17H23ClN4O3. The minimum Gasteiger partial charge on any atom is -0.494 e. The highest BCUT2D eigenvalue weighted by Gasteiger charge is 2.25. The van der Waals surface area contributed by atoms with Gasteiger partial charge < -0.3 is 20.5 Å². The van der Waals surface area contributed by atoms with Gasteiger partial charge in [-0.2, -0.15) is 5.10 Å². The van der Waals surface area contributed by atoms with Crippen LogP contribution in [0.15, 0.2) is 30.5 Å². The van der Waals surface area contributed by atoms with E-state index in [-0.39, 0.29) is 24.2 Å². The molecule has 2 aromatic rings. The zero-order chi connectivity index (χ0) is 17.1. The number of nitrogens with one attached hydrogen (secondary N) is 2. The van der Waals surface area contributed by atoms with E-state index in [0.717, 1.165) is 11.3 Å². The third-order valence-electron chi connectivity index (χ3n) is 4.23. The lowest BCUT2D eigenvalue weighted by Crippen LogP contribution is -2.34. The Morgan fingerprint density at radius 2 is 2.24 bits per heavy atom. The minimum atomic E-state index is -0.417. The number of aliphatic hydroxyl groups excluding tert-OH is 1. The van der Waals surface area contributed by atoms with Gasteiger partial charge in [-0.1, -0.05) is 6.07 Å². The number of aliphatic hydroxyl groups is 1. The highest BCUT2D eigenvalue weighted by Crippen LogP contribution is 2.23. The lowest BCUT2D eigenvalue weighted by molar-refractivity contribution is 0.0921. The van der Waals surface area contributed by atoms with Gasteiger partial charge in [0.2, 0.25) is 0 Å². The maximum atomic E-state index is 12.3. The summed E-state index contributed by atoms with van der Waals surface area (Å²) in [5, 5.41) is 20.0. The second-order valence-corrected chi connectivity index (χ2v) is 6.02. The summed E-state index contributed by atoms with van der Waals surface area (Å²) >= 11 is 0. The highest BCUT2D eigenvalue weighted by atomic mass is 35.5. The van der Waals surface area contributed by atoms with Crippen LogP contribution in [0.4, 0.5) is 0 Å². The molecule has 0 radical (unpaired) electrons. The van der Waals surface area contributed by atoms with Crippen molar-refractivity contribution < 1.29 is 14.6 Å². The molecule has 3 rings (SSSR count). The number of aromatic nitrogens is 2. The SMILES string of the molecule is COc1ccc(C)cc1-n1ccc(C(=O)NCC2CNCC2O)n1.Cl. The van der Waals surface area contributed by atoms with E-state index in [1.54, 1.807) is 24.1 Å². The van der Waals surface area contributed by atoms with Crippen LogP contribution in [0.25, 0.3) is 5.69 Å². The topological polar surface area (TPSA) is 88.4 Å². The fourth-order valence-corrected chi connectivity index (χ4v) is 2.80. The van der Waals surface area contributed by atoms with E-state index in [9.17, 15) is 9.90 Å². The van der Waals surface area contributed by atoms with Gasteiger partial charge in [0.05, 0.1) is 13.2 Å². The fraction of sp³-hybridized carbons (Fsp3) is 0.412. The van der Waals surface area contributed by atoms with Crippen LogP contribution in [-0.4, -0.2) is 53.6 Å². The summed E-state index contributed by atoms with van der Waals surface area (Å²) in [5.41, 5.74) is 2.20. The van der Waals surface area contributed by atoms with Gasteiger partial charge in [-0.25, -0.2) is 4.68 Å². The van der Waals surface area contributed by atoms with E-state index in [2.05, 4.69) is 15.7 Å². The number of amides is 1. The van der Waals surface area contributed by atoms with Gasteiger partial charge in [-0.15, -0.1) is 12.4 Å². The minimum absolute atomic E-state index is 0. The molecule has 1 fully saturated rings. The van der Waals surface area contributed by atoms with Crippen molar-refractivity contribution in [2.24, 2.45) is 5.92 Å². The number of carbonyl (C=O) groups is 1. The first kappa shape index (κ1) is 19.2. The van der Waals surface area contributed by atoms with Gasteiger partial charge >= 0.3 is 0 Å². The average Bonchev–Trinajstić information content (AvgIpc) is 3.22. The summed E-state index contributed by atoms with van der Waals surface area (Å²) in [7, 11) is 1.60. The Bertz CT molecular complexity index is 734. The van der Waals surface area contributed by atoms with E-state index in [0.29, 0.717) is 31.1 Å². The zero-order valence-electron chi connectivity index (χ0n) is 14.2. The molecule has 1 saturated heterocycles. The number of nitrogens with zero attached hydrogens (tertiary/aromatic N) is 2. The number of hydrogen-bond acceptors (Lipinski definition) is 5. The fourth-order valence-electron chi connectivity index (χ4n) is 2.80. The molecule has 2 heterocycles. The molecule has 7 nitrogen and oxygen atoms in total.